The second kappa shape index (κ2) is 8.50. The van der Waals surface area contributed by atoms with Crippen molar-refractivity contribution in [2.24, 2.45) is 0 Å². The van der Waals surface area contributed by atoms with Crippen LogP contribution in [-0.4, -0.2) is 26.7 Å². The number of thiocarbonyl (C=S) groups is 1. The van der Waals surface area contributed by atoms with E-state index in [1.165, 1.54) is 6.07 Å². The molecule has 1 aromatic heterocycles. The van der Waals surface area contributed by atoms with E-state index in [1.807, 2.05) is 6.92 Å². The van der Waals surface area contributed by atoms with Crippen LogP contribution in [0.3, 0.4) is 0 Å². The highest BCUT2D eigenvalue weighted by atomic mass is 32.1. The molecule has 0 amide bonds. The van der Waals surface area contributed by atoms with Crippen LogP contribution in [0.5, 0.6) is 0 Å². The molecule has 1 heterocycles. The van der Waals surface area contributed by atoms with Crippen molar-refractivity contribution >= 4 is 34.3 Å². The molecule has 0 radical (unpaired) electrons. The fourth-order valence-electron chi connectivity index (χ4n) is 2.44. The van der Waals surface area contributed by atoms with E-state index in [1.54, 1.807) is 48.1 Å². The van der Waals surface area contributed by atoms with E-state index < -0.39 is 4.92 Å². The quantitative estimate of drug-likeness (QED) is 0.179. The summed E-state index contributed by atoms with van der Waals surface area (Å²) in [5, 5.41) is 34.4. The predicted molar refractivity (Wildman–Crippen MR) is 102 cm³/mol. The molecule has 7 nitrogen and oxygen atoms in total. The summed E-state index contributed by atoms with van der Waals surface area (Å²) in [6, 6.07) is 7.94. The van der Waals surface area contributed by atoms with Crippen molar-refractivity contribution in [3.63, 3.8) is 0 Å². The standard InChI is InChI=1S/C18H19N3O4S/c1-3-19-18(26)16(20-8-4-5-13(10-20)11-22)17(23)14-7-6-12(2)15(9-14)21(24)25/h4-10,22H,3,11H2,1-2H3,(H-,19,23,26)/p+1. The Labute approximate surface area is 156 Å². The zero-order chi connectivity index (χ0) is 19.3. The molecule has 26 heavy (non-hydrogen) atoms. The minimum atomic E-state index is -0.492. The van der Waals surface area contributed by atoms with Crippen molar-refractivity contribution in [1.82, 2.24) is 5.32 Å². The molecule has 0 spiro atoms. The Balaban J connectivity index is 2.68. The van der Waals surface area contributed by atoms with Gasteiger partial charge in [-0.1, -0.05) is 24.4 Å². The summed E-state index contributed by atoms with van der Waals surface area (Å²) < 4.78 is 1.58. The fraction of sp³-hybridized carbons (Fsp3) is 0.222. The monoisotopic (exact) mass is 374 g/mol. The zero-order valence-corrected chi connectivity index (χ0v) is 15.3. The average Bonchev–Trinajstić information content (AvgIpc) is 2.62. The van der Waals surface area contributed by atoms with Gasteiger partial charge in [0.05, 0.1) is 11.5 Å². The number of rotatable bonds is 6. The number of aliphatic hydroxyl groups is 2. The van der Waals surface area contributed by atoms with E-state index in [4.69, 9.17) is 12.2 Å². The molecule has 0 aliphatic heterocycles. The SMILES string of the molecule is CCNC(=S)/C(=C(/O)c1ccc(C)c([N+](=O)[O-])c1)[n+]1cccc(CO)c1. The van der Waals surface area contributed by atoms with E-state index in [-0.39, 0.29) is 34.3 Å². The van der Waals surface area contributed by atoms with Gasteiger partial charge in [0.2, 0.25) is 0 Å². The van der Waals surface area contributed by atoms with Crippen LogP contribution in [0.1, 0.15) is 23.6 Å². The topological polar surface area (TPSA) is 99.5 Å². The molecular formula is C18H20N3O4S+. The van der Waals surface area contributed by atoms with Crippen LogP contribution in [-0.2, 0) is 6.61 Å². The van der Waals surface area contributed by atoms with Gasteiger partial charge in [0.15, 0.2) is 23.1 Å². The molecular weight excluding hydrogens is 354 g/mol. The summed E-state index contributed by atoms with van der Waals surface area (Å²) in [7, 11) is 0. The first-order valence-corrected chi connectivity index (χ1v) is 8.38. The number of benzene rings is 1. The van der Waals surface area contributed by atoms with Gasteiger partial charge in [0, 0.05) is 35.4 Å². The lowest BCUT2D eigenvalue weighted by atomic mass is 10.1. The molecule has 2 aromatic rings. The lowest BCUT2D eigenvalue weighted by molar-refractivity contribution is -0.576. The molecule has 0 aliphatic carbocycles. The Morgan fingerprint density at radius 2 is 2.12 bits per heavy atom. The minimum Gasteiger partial charge on any atom is -0.502 e. The number of aromatic nitrogens is 1. The van der Waals surface area contributed by atoms with E-state index in [0.29, 0.717) is 17.7 Å². The molecule has 0 bridgehead atoms. The smallest absolute Gasteiger partial charge is 0.288 e. The molecule has 0 saturated heterocycles. The molecule has 3 N–H and O–H groups in total. The Kier molecular flexibility index (Phi) is 6.37. The van der Waals surface area contributed by atoms with E-state index in [2.05, 4.69) is 5.32 Å². The van der Waals surface area contributed by atoms with Crippen molar-refractivity contribution in [2.75, 3.05) is 6.54 Å². The Hall–Kier alpha value is -2.84. The van der Waals surface area contributed by atoms with Crippen LogP contribution >= 0.6 is 12.2 Å². The van der Waals surface area contributed by atoms with Crippen molar-refractivity contribution in [3.8, 4) is 0 Å². The second-order valence-electron chi connectivity index (χ2n) is 5.59. The van der Waals surface area contributed by atoms with Gasteiger partial charge in [-0.25, -0.2) is 0 Å². The maximum absolute atomic E-state index is 11.2. The average molecular weight is 374 g/mol. The van der Waals surface area contributed by atoms with Crippen LogP contribution < -0.4 is 9.88 Å². The largest absolute Gasteiger partial charge is 0.502 e. The third-order valence-corrected chi connectivity index (χ3v) is 4.10. The molecule has 8 heteroatoms. The van der Waals surface area contributed by atoms with Gasteiger partial charge in [-0.2, -0.15) is 4.57 Å². The third kappa shape index (κ3) is 4.22. The lowest BCUT2D eigenvalue weighted by Crippen LogP contribution is -2.41. The van der Waals surface area contributed by atoms with Crippen molar-refractivity contribution in [2.45, 2.75) is 20.5 Å². The molecule has 0 saturated carbocycles. The number of hydrogen-bond donors (Lipinski definition) is 3. The first-order chi connectivity index (χ1) is 12.4. The summed E-state index contributed by atoms with van der Waals surface area (Å²) in [5.74, 6) is -0.195. The van der Waals surface area contributed by atoms with E-state index in [9.17, 15) is 20.3 Å². The Morgan fingerprint density at radius 1 is 1.38 bits per heavy atom. The van der Waals surface area contributed by atoms with Crippen LogP contribution in [0.25, 0.3) is 11.5 Å². The number of nitrogens with one attached hydrogen (secondary N) is 1. The van der Waals surface area contributed by atoms with Gasteiger partial charge in [-0.05, 0) is 19.9 Å². The Morgan fingerprint density at radius 3 is 2.73 bits per heavy atom. The van der Waals surface area contributed by atoms with Crippen LogP contribution in [0.15, 0.2) is 42.7 Å². The lowest BCUT2D eigenvalue weighted by Gasteiger charge is -2.09. The Bertz CT molecular complexity index is 880. The highest BCUT2D eigenvalue weighted by molar-refractivity contribution is 7.81. The second-order valence-corrected chi connectivity index (χ2v) is 6.00. The van der Waals surface area contributed by atoms with Gasteiger partial charge in [-0.3, -0.25) is 10.1 Å². The summed E-state index contributed by atoms with van der Waals surface area (Å²) in [4.78, 5) is 11.0. The van der Waals surface area contributed by atoms with E-state index in [0.717, 1.165) is 0 Å². The van der Waals surface area contributed by atoms with Crippen molar-refractivity contribution in [1.29, 1.82) is 0 Å². The van der Waals surface area contributed by atoms with Gasteiger partial charge >= 0.3 is 0 Å². The van der Waals surface area contributed by atoms with Crippen LogP contribution in [0, 0.1) is 17.0 Å². The molecule has 0 unspecified atom stereocenters. The molecule has 0 fully saturated rings. The molecule has 2 rings (SSSR count). The minimum absolute atomic E-state index is 0.0862. The summed E-state index contributed by atoms with van der Waals surface area (Å²) >= 11 is 5.38. The molecule has 1 aromatic carbocycles. The summed E-state index contributed by atoms with van der Waals surface area (Å²) in [6.07, 6.45) is 3.31. The normalized spacial score (nSPS) is 11.7. The van der Waals surface area contributed by atoms with Gasteiger partial charge in [0.1, 0.15) is 0 Å². The maximum Gasteiger partial charge on any atom is 0.288 e. The van der Waals surface area contributed by atoms with Crippen LogP contribution in [0.2, 0.25) is 0 Å². The maximum atomic E-state index is 11.2. The summed E-state index contributed by atoms with van der Waals surface area (Å²) in [5.41, 5.74) is 1.59. The third-order valence-electron chi connectivity index (χ3n) is 3.76. The number of aryl methyl sites for hydroxylation is 1. The zero-order valence-electron chi connectivity index (χ0n) is 14.5. The number of aliphatic hydroxyl groups excluding tert-OH is 2. The molecule has 0 atom stereocenters. The van der Waals surface area contributed by atoms with Crippen molar-refractivity contribution < 1.29 is 19.7 Å². The first kappa shape index (κ1) is 19.5. The number of nitrogens with zero attached hydrogens (tertiary/aromatic N) is 2. The van der Waals surface area contributed by atoms with Gasteiger partial charge < -0.3 is 15.5 Å². The number of likely N-dealkylation sites (N-methyl/N-ethyl adjacent to an activating group) is 1. The number of nitro groups is 1. The summed E-state index contributed by atoms with van der Waals surface area (Å²) in [6.45, 7) is 3.88. The fourth-order valence-corrected chi connectivity index (χ4v) is 2.78. The molecule has 0 aliphatic rings. The molecule has 136 valence electrons. The van der Waals surface area contributed by atoms with Crippen molar-refractivity contribution in [3.05, 3.63) is 69.5 Å². The highest BCUT2D eigenvalue weighted by Gasteiger charge is 2.25. The number of pyridine rings is 1. The van der Waals surface area contributed by atoms with Gasteiger partial charge in [0.25, 0.3) is 11.4 Å². The van der Waals surface area contributed by atoms with Gasteiger partial charge in [-0.15, -0.1) is 0 Å². The number of nitro benzene ring substituents is 1. The highest BCUT2D eigenvalue weighted by Crippen LogP contribution is 2.25. The van der Waals surface area contributed by atoms with Crippen LogP contribution in [0.4, 0.5) is 5.69 Å². The number of hydrogen-bond acceptors (Lipinski definition) is 5. The predicted octanol–water partition coefficient (Wildman–Crippen LogP) is 2.50. The van der Waals surface area contributed by atoms with E-state index >= 15 is 0 Å². The first-order valence-electron chi connectivity index (χ1n) is 7.97.